The maximum absolute atomic E-state index is 4.47. The van der Waals surface area contributed by atoms with Gasteiger partial charge in [0.2, 0.25) is 5.13 Å². The fraction of sp³-hybridized carbons (Fsp3) is 0.571. The van der Waals surface area contributed by atoms with Crippen LogP contribution >= 0.6 is 11.3 Å². The number of aromatic nitrogens is 4. The van der Waals surface area contributed by atoms with Gasteiger partial charge in [0, 0.05) is 31.4 Å². The molecule has 1 saturated heterocycles. The lowest BCUT2D eigenvalue weighted by Crippen LogP contribution is -2.46. The SMILES string of the molecule is c1cc(N(C2CC2)C2CCN(c3nncs3)CC2)ncn1. The molecule has 7 heteroatoms. The van der Waals surface area contributed by atoms with Crippen LogP contribution in [0.4, 0.5) is 10.9 Å². The predicted octanol–water partition coefficient (Wildman–Crippen LogP) is 1.97. The van der Waals surface area contributed by atoms with E-state index in [1.807, 2.05) is 12.3 Å². The Morgan fingerprint density at radius 2 is 1.95 bits per heavy atom. The van der Waals surface area contributed by atoms with Crippen LogP contribution in [0.1, 0.15) is 25.7 Å². The third-order valence-electron chi connectivity index (χ3n) is 4.25. The van der Waals surface area contributed by atoms with Gasteiger partial charge in [-0.05, 0) is 31.7 Å². The van der Waals surface area contributed by atoms with E-state index in [1.54, 1.807) is 23.2 Å². The number of hydrogen-bond acceptors (Lipinski definition) is 7. The summed E-state index contributed by atoms with van der Waals surface area (Å²) in [4.78, 5) is 13.4. The third-order valence-corrected chi connectivity index (χ3v) is 5.00. The summed E-state index contributed by atoms with van der Waals surface area (Å²) in [6.45, 7) is 2.10. The molecule has 0 amide bonds. The van der Waals surface area contributed by atoms with Crippen LogP contribution in [-0.2, 0) is 0 Å². The van der Waals surface area contributed by atoms with E-state index in [2.05, 4.69) is 30.0 Å². The van der Waals surface area contributed by atoms with Crippen molar-refractivity contribution in [1.82, 2.24) is 20.2 Å². The van der Waals surface area contributed by atoms with Gasteiger partial charge >= 0.3 is 0 Å². The van der Waals surface area contributed by atoms with Crippen molar-refractivity contribution in [1.29, 1.82) is 0 Å². The highest BCUT2D eigenvalue weighted by Crippen LogP contribution is 2.35. The minimum absolute atomic E-state index is 0.580. The van der Waals surface area contributed by atoms with Crippen molar-refractivity contribution in [3.8, 4) is 0 Å². The molecule has 0 unspecified atom stereocenters. The van der Waals surface area contributed by atoms with Crippen molar-refractivity contribution in [3.63, 3.8) is 0 Å². The second-order valence-corrected chi connectivity index (χ2v) is 6.46. The highest BCUT2D eigenvalue weighted by atomic mass is 32.1. The molecule has 0 spiro atoms. The molecule has 21 heavy (non-hydrogen) atoms. The second-order valence-electron chi connectivity index (χ2n) is 5.65. The fourth-order valence-corrected chi connectivity index (χ4v) is 3.72. The van der Waals surface area contributed by atoms with Crippen LogP contribution in [0.25, 0.3) is 0 Å². The average Bonchev–Trinajstić information content (AvgIpc) is 3.22. The summed E-state index contributed by atoms with van der Waals surface area (Å²) in [6.07, 6.45) is 8.39. The van der Waals surface area contributed by atoms with Crippen molar-refractivity contribution in [2.24, 2.45) is 0 Å². The predicted molar refractivity (Wildman–Crippen MR) is 82.7 cm³/mol. The molecule has 4 rings (SSSR count). The van der Waals surface area contributed by atoms with Crippen LogP contribution in [0, 0.1) is 0 Å². The molecule has 0 radical (unpaired) electrons. The minimum atomic E-state index is 0.580. The molecule has 3 heterocycles. The van der Waals surface area contributed by atoms with Crippen molar-refractivity contribution >= 4 is 22.3 Å². The number of piperidine rings is 1. The standard InChI is InChI=1S/C14H18N6S/c1-2-11(1)20(13-3-6-15-9-16-13)12-4-7-19(8-5-12)14-18-17-10-21-14/h3,6,9-12H,1-2,4-5,7-8H2. The second kappa shape index (κ2) is 5.55. The number of nitrogens with zero attached hydrogens (tertiary/aromatic N) is 6. The summed E-state index contributed by atoms with van der Waals surface area (Å²) in [5, 5.41) is 9.16. The van der Waals surface area contributed by atoms with Crippen molar-refractivity contribution in [2.45, 2.75) is 37.8 Å². The lowest BCUT2D eigenvalue weighted by atomic mass is 10.0. The van der Waals surface area contributed by atoms with Gasteiger partial charge in [0.15, 0.2) is 0 Å². The van der Waals surface area contributed by atoms with E-state index in [0.717, 1.165) is 36.9 Å². The Hall–Kier alpha value is -1.76. The van der Waals surface area contributed by atoms with Crippen LogP contribution in [-0.4, -0.2) is 45.3 Å². The molecule has 0 atom stereocenters. The first kappa shape index (κ1) is 12.9. The normalized spacial score (nSPS) is 19.7. The zero-order valence-corrected chi connectivity index (χ0v) is 12.6. The third kappa shape index (κ3) is 2.70. The molecule has 0 N–H and O–H groups in total. The first-order chi connectivity index (χ1) is 10.4. The molecule has 0 bridgehead atoms. The summed E-state index contributed by atoms with van der Waals surface area (Å²) >= 11 is 1.62. The molecule has 2 aromatic rings. The highest BCUT2D eigenvalue weighted by Gasteiger charge is 2.36. The Morgan fingerprint density at radius 1 is 1.14 bits per heavy atom. The largest absolute Gasteiger partial charge is 0.350 e. The highest BCUT2D eigenvalue weighted by molar-refractivity contribution is 7.13. The van der Waals surface area contributed by atoms with E-state index in [9.17, 15) is 0 Å². The lowest BCUT2D eigenvalue weighted by molar-refractivity contribution is 0.458. The minimum Gasteiger partial charge on any atom is -0.350 e. The Morgan fingerprint density at radius 3 is 2.57 bits per heavy atom. The molecule has 2 fully saturated rings. The van der Waals surface area contributed by atoms with Gasteiger partial charge in [-0.25, -0.2) is 9.97 Å². The van der Waals surface area contributed by atoms with E-state index < -0.39 is 0 Å². The smallest absolute Gasteiger partial charge is 0.208 e. The van der Waals surface area contributed by atoms with Crippen LogP contribution < -0.4 is 9.80 Å². The molecular formula is C14H18N6S. The average molecular weight is 302 g/mol. The van der Waals surface area contributed by atoms with E-state index in [4.69, 9.17) is 0 Å². The Balaban J connectivity index is 1.46. The van der Waals surface area contributed by atoms with Gasteiger partial charge in [0.1, 0.15) is 17.7 Å². The molecule has 1 aliphatic heterocycles. The van der Waals surface area contributed by atoms with Gasteiger partial charge in [0.25, 0.3) is 0 Å². The van der Waals surface area contributed by atoms with Crippen molar-refractivity contribution in [2.75, 3.05) is 22.9 Å². The molecule has 6 nitrogen and oxygen atoms in total. The number of anilines is 2. The topological polar surface area (TPSA) is 58.0 Å². The zero-order valence-electron chi connectivity index (χ0n) is 11.8. The molecule has 2 aromatic heterocycles. The Kier molecular flexibility index (Phi) is 3.42. The molecule has 1 aliphatic carbocycles. The summed E-state index contributed by atoms with van der Waals surface area (Å²) in [6, 6.07) is 3.30. The van der Waals surface area contributed by atoms with E-state index in [1.165, 1.54) is 12.8 Å². The van der Waals surface area contributed by atoms with Gasteiger partial charge in [-0.15, -0.1) is 10.2 Å². The van der Waals surface area contributed by atoms with E-state index in [-0.39, 0.29) is 0 Å². The first-order valence-corrected chi connectivity index (χ1v) is 8.35. The molecule has 2 aliphatic rings. The van der Waals surface area contributed by atoms with Gasteiger partial charge in [-0.1, -0.05) is 11.3 Å². The molecular weight excluding hydrogens is 284 g/mol. The maximum atomic E-state index is 4.47. The summed E-state index contributed by atoms with van der Waals surface area (Å²) in [5.74, 6) is 1.09. The van der Waals surface area contributed by atoms with Gasteiger partial charge < -0.3 is 9.80 Å². The van der Waals surface area contributed by atoms with Crippen LogP contribution in [0.15, 0.2) is 24.1 Å². The van der Waals surface area contributed by atoms with Crippen molar-refractivity contribution < 1.29 is 0 Å². The summed E-state index contributed by atoms with van der Waals surface area (Å²) in [7, 11) is 0. The molecule has 1 saturated carbocycles. The van der Waals surface area contributed by atoms with Gasteiger partial charge in [0.05, 0.1) is 0 Å². The maximum Gasteiger partial charge on any atom is 0.208 e. The summed E-state index contributed by atoms with van der Waals surface area (Å²) in [5.41, 5.74) is 1.80. The lowest BCUT2D eigenvalue weighted by Gasteiger charge is -2.39. The van der Waals surface area contributed by atoms with Crippen LogP contribution in [0.2, 0.25) is 0 Å². The fourth-order valence-electron chi connectivity index (χ4n) is 3.10. The van der Waals surface area contributed by atoms with Gasteiger partial charge in [-0.2, -0.15) is 0 Å². The first-order valence-electron chi connectivity index (χ1n) is 7.47. The Bertz CT molecular complexity index is 562. The van der Waals surface area contributed by atoms with Gasteiger partial charge in [-0.3, -0.25) is 0 Å². The molecule has 0 aromatic carbocycles. The van der Waals surface area contributed by atoms with Crippen molar-refractivity contribution in [3.05, 3.63) is 24.1 Å². The van der Waals surface area contributed by atoms with E-state index in [0.29, 0.717) is 12.1 Å². The molecule has 110 valence electrons. The monoisotopic (exact) mass is 302 g/mol. The van der Waals surface area contributed by atoms with E-state index >= 15 is 0 Å². The van der Waals surface area contributed by atoms with Crippen LogP contribution in [0.3, 0.4) is 0 Å². The Labute approximate surface area is 127 Å². The quantitative estimate of drug-likeness (QED) is 0.860. The number of rotatable bonds is 4. The van der Waals surface area contributed by atoms with Crippen LogP contribution in [0.5, 0.6) is 0 Å². The zero-order chi connectivity index (χ0) is 14.1. The number of hydrogen-bond donors (Lipinski definition) is 0. The summed E-state index contributed by atoms with van der Waals surface area (Å²) < 4.78 is 0.